The van der Waals surface area contributed by atoms with E-state index in [1.807, 2.05) is 30.3 Å². The summed E-state index contributed by atoms with van der Waals surface area (Å²) in [6.07, 6.45) is 0. The monoisotopic (exact) mass is 351 g/mol. The molecule has 0 radical (unpaired) electrons. The van der Waals surface area contributed by atoms with E-state index in [2.05, 4.69) is 9.19 Å². The van der Waals surface area contributed by atoms with Gasteiger partial charge in [-0.2, -0.15) is 0 Å². The van der Waals surface area contributed by atoms with Crippen LogP contribution in [-0.4, -0.2) is 29.4 Å². The van der Waals surface area contributed by atoms with E-state index in [1.54, 1.807) is 6.07 Å². The first-order valence-electron chi connectivity index (χ1n) is 6.07. The van der Waals surface area contributed by atoms with Crippen molar-refractivity contribution in [1.29, 1.82) is 0 Å². The standard InChI is InChI=1S/C14H14AsNO5/c1-10(17)16-14-8-7-12(11-5-3-2-4-6-11)9-13(14)15(18,19)21-20/h2-9,20H,1H3,(H,16,17)(H,18,19). The van der Waals surface area contributed by atoms with Crippen LogP contribution in [0.4, 0.5) is 5.69 Å². The predicted molar refractivity (Wildman–Crippen MR) is 78.2 cm³/mol. The van der Waals surface area contributed by atoms with E-state index in [4.69, 9.17) is 5.26 Å². The van der Waals surface area contributed by atoms with E-state index < -0.39 is 20.1 Å². The molecule has 110 valence electrons. The van der Waals surface area contributed by atoms with Crippen molar-refractivity contribution in [2.45, 2.75) is 6.92 Å². The van der Waals surface area contributed by atoms with E-state index in [0.29, 0.717) is 5.56 Å². The van der Waals surface area contributed by atoms with Crippen LogP contribution in [-0.2, 0) is 12.4 Å². The normalized spacial score (nSPS) is 13.5. The minimum atomic E-state index is -5.11. The van der Waals surface area contributed by atoms with Crippen molar-refractivity contribution in [3.63, 3.8) is 0 Å². The van der Waals surface area contributed by atoms with Gasteiger partial charge < -0.3 is 0 Å². The van der Waals surface area contributed by atoms with Crippen LogP contribution in [0.3, 0.4) is 0 Å². The molecule has 1 atom stereocenters. The van der Waals surface area contributed by atoms with Gasteiger partial charge in [0.2, 0.25) is 0 Å². The number of amides is 1. The maximum atomic E-state index is 12.0. The van der Waals surface area contributed by atoms with E-state index in [0.717, 1.165) is 5.56 Å². The molecule has 0 saturated heterocycles. The zero-order chi connectivity index (χ0) is 15.5. The Morgan fingerprint density at radius 2 is 1.81 bits per heavy atom. The van der Waals surface area contributed by atoms with Gasteiger partial charge in [0.05, 0.1) is 0 Å². The van der Waals surface area contributed by atoms with Crippen molar-refractivity contribution in [2.75, 3.05) is 5.32 Å². The van der Waals surface area contributed by atoms with Crippen molar-refractivity contribution in [2.24, 2.45) is 0 Å². The van der Waals surface area contributed by atoms with Gasteiger partial charge in [-0.1, -0.05) is 0 Å². The quantitative estimate of drug-likeness (QED) is 0.439. The molecule has 2 aromatic rings. The molecule has 7 heteroatoms. The molecule has 0 heterocycles. The van der Waals surface area contributed by atoms with Crippen molar-refractivity contribution in [3.8, 4) is 11.1 Å². The third-order valence-corrected chi connectivity index (χ3v) is 5.35. The molecule has 0 aliphatic heterocycles. The van der Waals surface area contributed by atoms with Crippen molar-refractivity contribution in [3.05, 3.63) is 48.5 Å². The van der Waals surface area contributed by atoms with Gasteiger partial charge in [0, 0.05) is 0 Å². The molecular weight excluding hydrogens is 337 g/mol. The number of nitrogens with one attached hydrogen (secondary N) is 1. The number of benzene rings is 2. The molecule has 0 bridgehead atoms. The van der Waals surface area contributed by atoms with Gasteiger partial charge in [-0.25, -0.2) is 0 Å². The second kappa shape index (κ2) is 6.28. The average Bonchev–Trinajstić information content (AvgIpc) is 2.48. The summed E-state index contributed by atoms with van der Waals surface area (Å²) in [7, 11) is 0. The third-order valence-electron chi connectivity index (χ3n) is 2.83. The van der Waals surface area contributed by atoms with Crippen LogP contribution in [0.1, 0.15) is 6.92 Å². The first kappa shape index (κ1) is 15.5. The third kappa shape index (κ3) is 3.62. The average molecular weight is 351 g/mol. The van der Waals surface area contributed by atoms with Gasteiger partial charge in [0.1, 0.15) is 0 Å². The Hall–Kier alpha value is -1.85. The molecule has 2 aromatic carbocycles. The van der Waals surface area contributed by atoms with Gasteiger partial charge in [0.25, 0.3) is 0 Å². The molecule has 1 unspecified atom stereocenters. The van der Waals surface area contributed by atoms with Gasteiger partial charge >= 0.3 is 124 Å². The Labute approximate surface area is 124 Å². The molecule has 0 aliphatic carbocycles. The van der Waals surface area contributed by atoms with Crippen LogP contribution in [0.25, 0.3) is 11.1 Å². The molecule has 21 heavy (non-hydrogen) atoms. The Morgan fingerprint density at radius 3 is 2.38 bits per heavy atom. The number of hydrogen-bond donors (Lipinski definition) is 3. The van der Waals surface area contributed by atoms with E-state index in [9.17, 15) is 12.6 Å². The summed E-state index contributed by atoms with van der Waals surface area (Å²) in [5, 5.41) is 11.1. The fraction of sp³-hybridized carbons (Fsp3) is 0.0714. The van der Waals surface area contributed by atoms with Crippen molar-refractivity contribution in [1.82, 2.24) is 0 Å². The summed E-state index contributed by atoms with van der Waals surface area (Å²) < 4.78 is 25.4. The van der Waals surface area contributed by atoms with Crippen molar-refractivity contribution >= 4 is 30.1 Å². The summed E-state index contributed by atoms with van der Waals surface area (Å²) in [5.74, 6) is -0.392. The Bertz CT molecular complexity index is 702. The zero-order valence-corrected chi connectivity index (χ0v) is 13.1. The Kier molecular flexibility index (Phi) is 4.65. The van der Waals surface area contributed by atoms with Crippen LogP contribution in [0.5, 0.6) is 0 Å². The Morgan fingerprint density at radius 1 is 1.14 bits per heavy atom. The van der Waals surface area contributed by atoms with Crippen LogP contribution in [0.2, 0.25) is 0 Å². The SMILES string of the molecule is CC(=O)Nc1ccc(-c2ccccc2)cc1[As](=O)(O)OO. The maximum absolute atomic E-state index is 12.0. The van der Waals surface area contributed by atoms with Crippen LogP contribution >= 0.6 is 0 Å². The van der Waals surface area contributed by atoms with E-state index in [1.165, 1.54) is 19.1 Å². The molecule has 3 N–H and O–H groups in total. The van der Waals surface area contributed by atoms with Crippen LogP contribution in [0, 0.1) is 0 Å². The topological polar surface area (TPSA) is 95.9 Å². The number of rotatable bonds is 4. The van der Waals surface area contributed by atoms with Gasteiger partial charge in [0.15, 0.2) is 0 Å². The minimum absolute atomic E-state index is 0.118. The summed E-state index contributed by atoms with van der Waals surface area (Å²) >= 11 is -5.11. The number of anilines is 1. The summed E-state index contributed by atoms with van der Waals surface area (Å²) in [6.45, 7) is 1.28. The zero-order valence-electron chi connectivity index (χ0n) is 11.2. The molecule has 0 aliphatic rings. The molecular formula is C14H14AsNO5. The Balaban J connectivity index is 2.57. The second-order valence-corrected chi connectivity index (χ2v) is 7.92. The molecule has 0 saturated carbocycles. The van der Waals surface area contributed by atoms with E-state index >= 15 is 0 Å². The van der Waals surface area contributed by atoms with E-state index in [-0.39, 0.29) is 10.0 Å². The molecule has 0 spiro atoms. The first-order chi connectivity index (χ1) is 9.94. The molecule has 0 aromatic heterocycles. The number of carbonyl (C=O) groups excluding carboxylic acids is 1. The fourth-order valence-corrected chi connectivity index (χ4v) is 3.65. The van der Waals surface area contributed by atoms with Crippen molar-refractivity contribution < 1.29 is 21.8 Å². The molecule has 2 rings (SSSR count). The molecule has 1 amide bonds. The fourth-order valence-electron chi connectivity index (χ4n) is 1.91. The predicted octanol–water partition coefficient (Wildman–Crippen LogP) is 1.37. The van der Waals surface area contributed by atoms with Crippen LogP contribution < -0.4 is 9.67 Å². The molecule has 6 nitrogen and oxygen atoms in total. The number of carbonyl (C=O) groups is 1. The van der Waals surface area contributed by atoms with Gasteiger partial charge in [-0.3, -0.25) is 0 Å². The summed E-state index contributed by atoms with van der Waals surface area (Å²) in [5.41, 5.74) is 1.65. The van der Waals surface area contributed by atoms with Gasteiger partial charge in [-0.05, 0) is 0 Å². The number of hydrogen-bond acceptors (Lipinski definition) is 4. The second-order valence-electron chi connectivity index (χ2n) is 4.38. The molecule has 0 fully saturated rings. The van der Waals surface area contributed by atoms with Gasteiger partial charge in [-0.15, -0.1) is 0 Å². The summed E-state index contributed by atoms with van der Waals surface area (Å²) in [4.78, 5) is 11.2. The summed E-state index contributed by atoms with van der Waals surface area (Å²) in [6, 6.07) is 13.8. The first-order valence-corrected chi connectivity index (χ1v) is 9.38. The van der Waals surface area contributed by atoms with Crippen LogP contribution in [0.15, 0.2) is 48.5 Å².